The van der Waals surface area contributed by atoms with E-state index in [-0.39, 0.29) is 0 Å². The van der Waals surface area contributed by atoms with Crippen molar-refractivity contribution >= 4 is 10.8 Å². The molecule has 0 N–H and O–H groups in total. The minimum atomic E-state index is 0.404. The Morgan fingerprint density at radius 1 is 0.833 bits per heavy atom. The van der Waals surface area contributed by atoms with Crippen LogP contribution in [0.5, 0.6) is 0 Å². The van der Waals surface area contributed by atoms with Gasteiger partial charge in [-0.3, -0.25) is 0 Å². The van der Waals surface area contributed by atoms with Crippen LogP contribution in [0.25, 0.3) is 10.8 Å². The van der Waals surface area contributed by atoms with Crippen molar-refractivity contribution in [1.29, 1.82) is 0 Å². The van der Waals surface area contributed by atoms with Gasteiger partial charge in [0.2, 0.25) is 0 Å². The van der Waals surface area contributed by atoms with E-state index >= 15 is 0 Å². The first-order chi connectivity index (χ1) is 8.74. The molecule has 0 nitrogen and oxygen atoms in total. The highest BCUT2D eigenvalue weighted by Crippen LogP contribution is 2.34. The predicted molar refractivity (Wildman–Crippen MR) is 78.5 cm³/mol. The first-order valence-corrected chi connectivity index (χ1v) is 6.43. The van der Waals surface area contributed by atoms with E-state index in [2.05, 4.69) is 74.9 Å². The van der Waals surface area contributed by atoms with Gasteiger partial charge >= 0.3 is 0 Å². The fourth-order valence-electron chi connectivity index (χ4n) is 2.79. The van der Waals surface area contributed by atoms with Crippen LogP contribution in [0.3, 0.4) is 0 Å². The lowest BCUT2D eigenvalue weighted by atomic mass is 9.84. The molecule has 1 atom stereocenters. The summed E-state index contributed by atoms with van der Waals surface area (Å²) in [5, 5.41) is 2.68. The average Bonchev–Trinajstić information content (AvgIpc) is 2.37. The zero-order chi connectivity index (χ0) is 12.5. The van der Waals surface area contributed by atoms with E-state index in [1.54, 1.807) is 0 Å². The van der Waals surface area contributed by atoms with Crippen LogP contribution in [0.1, 0.15) is 25.3 Å². The number of fused-ring (bicyclic) bond motifs is 1. The Labute approximate surface area is 109 Å². The molecule has 0 spiro atoms. The molecule has 3 rings (SSSR count). The maximum absolute atomic E-state index is 2.34. The van der Waals surface area contributed by atoms with Crippen LogP contribution in [-0.4, -0.2) is 0 Å². The Morgan fingerprint density at radius 3 is 2.44 bits per heavy atom. The third kappa shape index (κ3) is 1.99. The van der Waals surface area contributed by atoms with Crippen LogP contribution >= 0.6 is 0 Å². The first kappa shape index (κ1) is 11.3. The Kier molecular flexibility index (Phi) is 2.79. The van der Waals surface area contributed by atoms with Crippen LogP contribution in [0.15, 0.2) is 65.8 Å². The Morgan fingerprint density at radius 2 is 1.61 bits per heavy atom. The molecule has 0 aliphatic heterocycles. The quantitative estimate of drug-likeness (QED) is 0.647. The predicted octanol–water partition coefficient (Wildman–Crippen LogP) is 5.03. The van der Waals surface area contributed by atoms with Gasteiger partial charge in [0.05, 0.1) is 0 Å². The van der Waals surface area contributed by atoms with Crippen molar-refractivity contribution in [2.45, 2.75) is 19.8 Å². The number of hydrogen-bond acceptors (Lipinski definition) is 0. The molecule has 2 aromatic rings. The first-order valence-electron chi connectivity index (χ1n) is 6.43. The van der Waals surface area contributed by atoms with E-state index in [0.717, 1.165) is 0 Å². The summed E-state index contributed by atoms with van der Waals surface area (Å²) >= 11 is 0. The van der Waals surface area contributed by atoms with E-state index in [9.17, 15) is 0 Å². The molecule has 18 heavy (non-hydrogen) atoms. The van der Waals surface area contributed by atoms with E-state index in [4.69, 9.17) is 0 Å². The van der Waals surface area contributed by atoms with E-state index in [0.29, 0.717) is 5.92 Å². The third-order valence-electron chi connectivity index (χ3n) is 3.52. The van der Waals surface area contributed by atoms with Crippen LogP contribution in [0.4, 0.5) is 0 Å². The molecular weight excluding hydrogens is 216 g/mol. The standard InChI is InChI=1S/C18H17/c1-13-10-14(2)12-16(11-13)18-9-5-7-15-6-3-4-8-17(15)18/h3-12,16H,1-2H3. The van der Waals surface area contributed by atoms with Gasteiger partial charge in [0.1, 0.15) is 0 Å². The molecule has 0 saturated heterocycles. The maximum atomic E-state index is 2.34. The van der Waals surface area contributed by atoms with Gasteiger partial charge in [-0.05, 0) is 36.6 Å². The van der Waals surface area contributed by atoms with Crippen LogP contribution in [-0.2, 0) is 0 Å². The molecule has 0 fully saturated rings. The molecular formula is C18H17. The van der Waals surface area contributed by atoms with Gasteiger partial charge in [0.15, 0.2) is 0 Å². The third-order valence-corrected chi connectivity index (χ3v) is 3.52. The van der Waals surface area contributed by atoms with Crippen molar-refractivity contribution in [3.8, 4) is 0 Å². The summed E-state index contributed by atoms with van der Waals surface area (Å²) < 4.78 is 0. The largest absolute Gasteiger partial charge is 0.0734 e. The Hall–Kier alpha value is -1.82. The Bertz CT molecular complexity index is 639. The second-order valence-corrected chi connectivity index (χ2v) is 5.06. The number of rotatable bonds is 1. The summed E-state index contributed by atoms with van der Waals surface area (Å²) in [7, 11) is 0. The molecule has 0 heteroatoms. The normalized spacial score (nSPS) is 19.6. The minimum Gasteiger partial charge on any atom is -0.0734 e. The van der Waals surface area contributed by atoms with Crippen molar-refractivity contribution in [3.63, 3.8) is 0 Å². The van der Waals surface area contributed by atoms with Gasteiger partial charge in [0.25, 0.3) is 0 Å². The van der Waals surface area contributed by atoms with Crippen molar-refractivity contribution in [2.24, 2.45) is 0 Å². The summed E-state index contributed by atoms with van der Waals surface area (Å²) in [6.45, 7) is 4.35. The highest BCUT2D eigenvalue weighted by atomic mass is 14.2. The van der Waals surface area contributed by atoms with Gasteiger partial charge in [-0.15, -0.1) is 0 Å². The Balaban J connectivity index is 2.13. The molecule has 0 saturated carbocycles. The molecule has 1 aliphatic carbocycles. The van der Waals surface area contributed by atoms with E-state index in [1.165, 1.54) is 27.5 Å². The molecule has 2 aromatic carbocycles. The maximum Gasteiger partial charge on any atom is 0.0101 e. The van der Waals surface area contributed by atoms with Gasteiger partial charge in [0, 0.05) is 5.92 Å². The molecule has 1 aliphatic rings. The lowest BCUT2D eigenvalue weighted by molar-refractivity contribution is 0.972. The molecule has 89 valence electrons. The molecule has 1 radical (unpaired) electrons. The highest BCUT2D eigenvalue weighted by molar-refractivity contribution is 5.86. The lowest BCUT2D eigenvalue weighted by Gasteiger charge is -2.20. The highest BCUT2D eigenvalue weighted by Gasteiger charge is 2.15. The van der Waals surface area contributed by atoms with Crippen molar-refractivity contribution in [2.75, 3.05) is 0 Å². The fraction of sp³-hybridized carbons (Fsp3) is 0.167. The van der Waals surface area contributed by atoms with E-state index < -0.39 is 0 Å². The lowest BCUT2D eigenvalue weighted by Crippen LogP contribution is -2.03. The summed E-state index contributed by atoms with van der Waals surface area (Å²) in [6, 6.07) is 15.2. The van der Waals surface area contributed by atoms with Gasteiger partial charge in [-0.25, -0.2) is 0 Å². The van der Waals surface area contributed by atoms with Crippen LogP contribution in [0, 0.1) is 6.42 Å². The molecule has 0 heterocycles. The van der Waals surface area contributed by atoms with Gasteiger partial charge in [-0.2, -0.15) is 0 Å². The topological polar surface area (TPSA) is 0 Å². The zero-order valence-electron chi connectivity index (χ0n) is 10.9. The van der Waals surface area contributed by atoms with Crippen molar-refractivity contribution in [3.05, 3.63) is 77.7 Å². The van der Waals surface area contributed by atoms with Gasteiger partial charge < -0.3 is 0 Å². The molecule has 1 unspecified atom stereocenters. The second kappa shape index (κ2) is 4.45. The van der Waals surface area contributed by atoms with Crippen LogP contribution < -0.4 is 0 Å². The van der Waals surface area contributed by atoms with Crippen LogP contribution in [0.2, 0.25) is 0 Å². The van der Waals surface area contributed by atoms with Crippen molar-refractivity contribution < 1.29 is 0 Å². The summed E-state index contributed by atoms with van der Waals surface area (Å²) in [5.74, 6) is 0.404. The van der Waals surface area contributed by atoms with Gasteiger partial charge in [-0.1, -0.05) is 65.8 Å². The number of hydrogen-bond donors (Lipinski definition) is 0. The molecule has 0 bridgehead atoms. The monoisotopic (exact) mass is 233 g/mol. The summed E-state index contributed by atoms with van der Waals surface area (Å²) in [5.41, 5.74) is 4.11. The smallest absolute Gasteiger partial charge is 0.0101 e. The number of benzene rings is 2. The second-order valence-electron chi connectivity index (χ2n) is 5.06. The summed E-state index contributed by atoms with van der Waals surface area (Å²) in [4.78, 5) is 0. The molecule has 0 aromatic heterocycles. The minimum absolute atomic E-state index is 0.404. The van der Waals surface area contributed by atoms with E-state index in [1.807, 2.05) is 0 Å². The number of allylic oxidation sites excluding steroid dienone is 4. The fourth-order valence-corrected chi connectivity index (χ4v) is 2.79. The SMILES string of the molecule is CC1=CC(C)=CC(c2cccc3ccccc23)[CH]1. The zero-order valence-corrected chi connectivity index (χ0v) is 10.9. The average molecular weight is 233 g/mol. The van der Waals surface area contributed by atoms with Crippen molar-refractivity contribution in [1.82, 2.24) is 0 Å². The molecule has 0 amide bonds. The summed E-state index contributed by atoms with van der Waals surface area (Å²) in [6.07, 6.45) is 6.92.